The molecule has 0 heterocycles. The number of hydrogen-bond acceptors (Lipinski definition) is 3. The van der Waals surface area contributed by atoms with E-state index < -0.39 is 17.9 Å². The minimum atomic E-state index is -1.07. The SMILES string of the molecule is CC(C)NC(=O)Nc1ccc(C(=O)NC(C(=O)O)C(C)C)cc1. The summed E-state index contributed by atoms with van der Waals surface area (Å²) in [6.07, 6.45) is 0. The van der Waals surface area contributed by atoms with Crippen LogP contribution in [0.1, 0.15) is 38.1 Å². The summed E-state index contributed by atoms with van der Waals surface area (Å²) in [5, 5.41) is 16.9. The van der Waals surface area contributed by atoms with Crippen LogP contribution in [0.2, 0.25) is 0 Å². The molecule has 1 rings (SSSR count). The molecule has 0 spiro atoms. The van der Waals surface area contributed by atoms with Crippen molar-refractivity contribution in [2.24, 2.45) is 5.92 Å². The van der Waals surface area contributed by atoms with Gasteiger partial charge in [-0.1, -0.05) is 13.8 Å². The van der Waals surface area contributed by atoms with Crippen LogP contribution in [0.15, 0.2) is 24.3 Å². The van der Waals surface area contributed by atoms with Gasteiger partial charge in [0.25, 0.3) is 5.91 Å². The molecular weight excluding hydrogens is 298 g/mol. The number of nitrogens with one attached hydrogen (secondary N) is 3. The summed E-state index contributed by atoms with van der Waals surface area (Å²) in [5.74, 6) is -1.77. The maximum Gasteiger partial charge on any atom is 0.326 e. The Morgan fingerprint density at radius 1 is 0.957 bits per heavy atom. The first-order valence-corrected chi connectivity index (χ1v) is 7.42. The van der Waals surface area contributed by atoms with Crippen LogP contribution in [0.3, 0.4) is 0 Å². The number of carboxylic acid groups (broad SMARTS) is 1. The van der Waals surface area contributed by atoms with Crippen LogP contribution in [-0.2, 0) is 4.79 Å². The average molecular weight is 321 g/mol. The van der Waals surface area contributed by atoms with Crippen molar-refractivity contribution in [2.45, 2.75) is 39.8 Å². The first-order chi connectivity index (χ1) is 10.7. The monoisotopic (exact) mass is 321 g/mol. The molecule has 126 valence electrons. The second-order valence-electron chi connectivity index (χ2n) is 5.86. The Bertz CT molecular complexity index is 567. The normalized spacial score (nSPS) is 11.9. The van der Waals surface area contributed by atoms with Crippen LogP contribution in [0.25, 0.3) is 0 Å². The lowest BCUT2D eigenvalue weighted by Gasteiger charge is -2.18. The molecule has 4 N–H and O–H groups in total. The van der Waals surface area contributed by atoms with E-state index in [-0.39, 0.29) is 18.0 Å². The maximum atomic E-state index is 12.1. The molecule has 0 bridgehead atoms. The van der Waals surface area contributed by atoms with Crippen LogP contribution in [0.4, 0.5) is 10.5 Å². The molecule has 0 saturated heterocycles. The molecule has 7 nitrogen and oxygen atoms in total. The Morgan fingerprint density at radius 2 is 1.52 bits per heavy atom. The Morgan fingerprint density at radius 3 is 1.96 bits per heavy atom. The quantitative estimate of drug-likeness (QED) is 0.643. The number of carbonyl (C=O) groups excluding carboxylic acids is 2. The molecule has 0 radical (unpaired) electrons. The summed E-state index contributed by atoms with van der Waals surface area (Å²) in [6, 6.07) is 4.96. The number of anilines is 1. The van der Waals surface area contributed by atoms with Crippen LogP contribution in [0.5, 0.6) is 0 Å². The van der Waals surface area contributed by atoms with Crippen molar-refractivity contribution in [3.8, 4) is 0 Å². The van der Waals surface area contributed by atoms with Gasteiger partial charge in [0.2, 0.25) is 0 Å². The highest BCUT2D eigenvalue weighted by atomic mass is 16.4. The molecule has 23 heavy (non-hydrogen) atoms. The van der Waals surface area contributed by atoms with Crippen molar-refractivity contribution in [1.82, 2.24) is 10.6 Å². The van der Waals surface area contributed by atoms with Crippen molar-refractivity contribution < 1.29 is 19.5 Å². The minimum Gasteiger partial charge on any atom is -0.480 e. The van der Waals surface area contributed by atoms with Crippen molar-refractivity contribution in [1.29, 1.82) is 0 Å². The zero-order valence-corrected chi connectivity index (χ0v) is 13.7. The zero-order valence-electron chi connectivity index (χ0n) is 13.7. The van der Waals surface area contributed by atoms with Crippen molar-refractivity contribution in [2.75, 3.05) is 5.32 Å². The molecule has 1 atom stereocenters. The summed E-state index contributed by atoms with van der Waals surface area (Å²) < 4.78 is 0. The lowest BCUT2D eigenvalue weighted by atomic mass is 10.0. The molecule has 1 aromatic carbocycles. The molecule has 1 unspecified atom stereocenters. The molecule has 1 aromatic rings. The van der Waals surface area contributed by atoms with Gasteiger partial charge in [-0.25, -0.2) is 9.59 Å². The molecular formula is C16H23N3O4. The highest BCUT2D eigenvalue weighted by Gasteiger charge is 2.23. The number of hydrogen-bond donors (Lipinski definition) is 4. The van der Waals surface area contributed by atoms with E-state index in [1.807, 2.05) is 13.8 Å². The van der Waals surface area contributed by atoms with Gasteiger partial charge in [-0.05, 0) is 44.0 Å². The highest BCUT2D eigenvalue weighted by Crippen LogP contribution is 2.11. The fourth-order valence-corrected chi connectivity index (χ4v) is 1.87. The van der Waals surface area contributed by atoms with Crippen molar-refractivity contribution in [3.63, 3.8) is 0 Å². The van der Waals surface area contributed by atoms with Gasteiger partial charge in [-0.15, -0.1) is 0 Å². The summed E-state index contributed by atoms with van der Waals surface area (Å²) in [5.41, 5.74) is 0.866. The molecule has 0 aliphatic heterocycles. The first kappa shape index (κ1) is 18.5. The Labute approximate surface area is 135 Å². The van der Waals surface area contributed by atoms with Crippen LogP contribution >= 0.6 is 0 Å². The minimum absolute atomic E-state index is 0.0176. The van der Waals surface area contributed by atoms with Gasteiger partial charge in [-0.2, -0.15) is 0 Å². The molecule has 0 saturated carbocycles. The van der Waals surface area contributed by atoms with E-state index in [4.69, 9.17) is 5.11 Å². The smallest absolute Gasteiger partial charge is 0.326 e. The van der Waals surface area contributed by atoms with Gasteiger partial charge >= 0.3 is 12.0 Å². The van der Waals surface area contributed by atoms with E-state index in [0.717, 1.165) is 0 Å². The van der Waals surface area contributed by atoms with Gasteiger partial charge in [0.15, 0.2) is 0 Å². The number of urea groups is 1. The number of rotatable bonds is 6. The molecule has 3 amide bonds. The molecule has 0 aliphatic rings. The molecule has 0 aromatic heterocycles. The van der Waals surface area contributed by atoms with E-state index in [1.165, 1.54) is 12.1 Å². The Kier molecular flexibility index (Phi) is 6.56. The third kappa shape index (κ3) is 5.98. The van der Waals surface area contributed by atoms with E-state index in [2.05, 4.69) is 16.0 Å². The van der Waals surface area contributed by atoms with Gasteiger partial charge in [0, 0.05) is 17.3 Å². The standard InChI is InChI=1S/C16H23N3O4/c1-9(2)13(15(21)22)19-14(20)11-5-7-12(8-6-11)18-16(23)17-10(3)4/h5-10,13H,1-4H3,(H,19,20)(H,21,22)(H2,17,18,23). The summed E-state index contributed by atoms with van der Waals surface area (Å²) in [6.45, 7) is 7.14. The fraction of sp³-hybridized carbons (Fsp3) is 0.438. The average Bonchev–Trinajstić information content (AvgIpc) is 2.43. The number of benzene rings is 1. The Balaban J connectivity index is 2.70. The zero-order chi connectivity index (χ0) is 17.6. The number of amides is 3. The van der Waals surface area contributed by atoms with Gasteiger partial charge in [-0.3, -0.25) is 4.79 Å². The number of carboxylic acids is 1. The molecule has 0 aliphatic carbocycles. The predicted octanol–water partition coefficient (Wildman–Crippen LogP) is 2.06. The van der Waals surface area contributed by atoms with Crippen molar-refractivity contribution in [3.05, 3.63) is 29.8 Å². The van der Waals surface area contributed by atoms with Crippen LogP contribution < -0.4 is 16.0 Å². The van der Waals surface area contributed by atoms with Gasteiger partial charge in [0.05, 0.1) is 0 Å². The largest absolute Gasteiger partial charge is 0.480 e. The van der Waals surface area contributed by atoms with Gasteiger partial charge < -0.3 is 21.1 Å². The molecule has 0 fully saturated rings. The molecule has 7 heteroatoms. The third-order valence-electron chi connectivity index (χ3n) is 3.04. The van der Waals surface area contributed by atoms with E-state index in [0.29, 0.717) is 11.3 Å². The predicted molar refractivity (Wildman–Crippen MR) is 87.5 cm³/mol. The second kappa shape index (κ2) is 8.17. The maximum absolute atomic E-state index is 12.1. The summed E-state index contributed by atoms with van der Waals surface area (Å²) in [4.78, 5) is 34.7. The van der Waals surface area contributed by atoms with Crippen LogP contribution in [0, 0.1) is 5.92 Å². The van der Waals surface area contributed by atoms with E-state index >= 15 is 0 Å². The fourth-order valence-electron chi connectivity index (χ4n) is 1.87. The first-order valence-electron chi connectivity index (χ1n) is 7.42. The van der Waals surface area contributed by atoms with E-state index in [1.54, 1.807) is 26.0 Å². The topological polar surface area (TPSA) is 108 Å². The number of aliphatic carboxylic acids is 1. The van der Waals surface area contributed by atoms with E-state index in [9.17, 15) is 14.4 Å². The third-order valence-corrected chi connectivity index (χ3v) is 3.04. The lowest BCUT2D eigenvalue weighted by molar-refractivity contribution is -0.140. The van der Waals surface area contributed by atoms with Crippen LogP contribution in [-0.4, -0.2) is 35.1 Å². The number of carbonyl (C=O) groups is 3. The lowest BCUT2D eigenvalue weighted by Crippen LogP contribution is -2.44. The highest BCUT2D eigenvalue weighted by molar-refractivity contribution is 5.97. The van der Waals surface area contributed by atoms with Crippen molar-refractivity contribution >= 4 is 23.6 Å². The summed E-state index contributed by atoms with van der Waals surface area (Å²) >= 11 is 0. The Hall–Kier alpha value is -2.57. The van der Waals surface area contributed by atoms with Gasteiger partial charge in [0.1, 0.15) is 6.04 Å². The summed E-state index contributed by atoms with van der Waals surface area (Å²) in [7, 11) is 0. The second-order valence-corrected chi connectivity index (χ2v) is 5.86.